The van der Waals surface area contributed by atoms with Crippen molar-refractivity contribution in [2.75, 3.05) is 7.11 Å². The summed E-state index contributed by atoms with van der Waals surface area (Å²) in [5, 5.41) is 25.1. The Hall–Kier alpha value is -3.04. The van der Waals surface area contributed by atoms with Crippen molar-refractivity contribution in [3.8, 4) is 17.2 Å². The minimum Gasteiger partial charge on any atom is -0.500 e. The first-order chi connectivity index (χ1) is 13.2. The Kier molecular flexibility index (Phi) is 7.02. The van der Waals surface area contributed by atoms with Crippen LogP contribution in [0.15, 0.2) is 35.4 Å². The Labute approximate surface area is 169 Å². The Morgan fingerprint density at radius 1 is 1.32 bits per heavy atom. The van der Waals surface area contributed by atoms with E-state index < -0.39 is 28.4 Å². The quantitative estimate of drug-likeness (QED) is 0.395. The van der Waals surface area contributed by atoms with Crippen molar-refractivity contribution >= 4 is 41.0 Å². The highest BCUT2D eigenvalue weighted by molar-refractivity contribution is 6.35. The third-order valence-electron chi connectivity index (χ3n) is 3.45. The molecule has 0 aromatic heterocycles. The summed E-state index contributed by atoms with van der Waals surface area (Å²) in [5.41, 5.74) is 1.92. The van der Waals surface area contributed by atoms with Gasteiger partial charge >= 0.3 is 5.69 Å². The number of nitro benzene ring substituents is 1. The molecular weight excluding hydrogens is 413 g/mol. The van der Waals surface area contributed by atoms with Gasteiger partial charge in [0.15, 0.2) is 11.9 Å². The van der Waals surface area contributed by atoms with Gasteiger partial charge in [-0.2, -0.15) is 5.10 Å². The second-order valence-corrected chi connectivity index (χ2v) is 6.26. The predicted molar refractivity (Wildman–Crippen MR) is 104 cm³/mol. The molecule has 9 nitrogen and oxygen atoms in total. The molecule has 2 rings (SSSR count). The number of benzene rings is 2. The van der Waals surface area contributed by atoms with Crippen LogP contribution >= 0.6 is 23.2 Å². The van der Waals surface area contributed by atoms with Crippen LogP contribution in [0.4, 0.5) is 5.69 Å². The van der Waals surface area contributed by atoms with E-state index in [-0.39, 0.29) is 22.1 Å². The maximum atomic E-state index is 12.1. The summed E-state index contributed by atoms with van der Waals surface area (Å²) in [5.74, 6) is -1.01. The number of phenols is 1. The van der Waals surface area contributed by atoms with Crippen LogP contribution in [0.5, 0.6) is 17.2 Å². The molecule has 0 heterocycles. The van der Waals surface area contributed by atoms with Crippen LogP contribution in [0.2, 0.25) is 10.0 Å². The number of nitrogens with zero attached hydrogens (tertiary/aromatic N) is 2. The number of hydrogen-bond donors (Lipinski definition) is 2. The summed E-state index contributed by atoms with van der Waals surface area (Å²) >= 11 is 11.8. The number of aromatic hydroxyl groups is 1. The Morgan fingerprint density at radius 3 is 2.64 bits per heavy atom. The Balaban J connectivity index is 2.06. The lowest BCUT2D eigenvalue weighted by molar-refractivity contribution is -0.386. The van der Waals surface area contributed by atoms with Gasteiger partial charge in [-0.25, -0.2) is 5.43 Å². The van der Waals surface area contributed by atoms with Crippen LogP contribution in [0.1, 0.15) is 12.5 Å². The van der Waals surface area contributed by atoms with Gasteiger partial charge in [0, 0.05) is 16.7 Å². The highest BCUT2D eigenvalue weighted by atomic mass is 35.5. The SMILES string of the molecule is COc1cc(/C=N\NC(=O)[C@@H](C)Oc2ccc(Cl)cc2Cl)cc([N+](=O)[O-])c1O. The van der Waals surface area contributed by atoms with Gasteiger partial charge in [0.2, 0.25) is 5.75 Å². The monoisotopic (exact) mass is 427 g/mol. The lowest BCUT2D eigenvalue weighted by atomic mass is 10.2. The molecule has 0 saturated heterocycles. The molecule has 11 heteroatoms. The van der Waals surface area contributed by atoms with Gasteiger partial charge in [-0.1, -0.05) is 23.2 Å². The lowest BCUT2D eigenvalue weighted by Crippen LogP contribution is -2.33. The summed E-state index contributed by atoms with van der Waals surface area (Å²) in [6.07, 6.45) is 0.231. The van der Waals surface area contributed by atoms with Crippen molar-refractivity contribution in [1.82, 2.24) is 5.43 Å². The Morgan fingerprint density at radius 2 is 2.04 bits per heavy atom. The van der Waals surface area contributed by atoms with E-state index in [4.69, 9.17) is 32.7 Å². The number of nitrogens with one attached hydrogen (secondary N) is 1. The zero-order valence-electron chi connectivity index (χ0n) is 14.7. The second-order valence-electron chi connectivity index (χ2n) is 5.42. The number of ether oxygens (including phenoxy) is 2. The van der Waals surface area contributed by atoms with E-state index in [1.54, 1.807) is 6.07 Å². The van der Waals surface area contributed by atoms with Crippen molar-refractivity contribution in [1.29, 1.82) is 0 Å². The molecule has 0 unspecified atom stereocenters. The number of hydrogen-bond acceptors (Lipinski definition) is 7. The fraction of sp³-hybridized carbons (Fsp3) is 0.176. The molecule has 0 spiro atoms. The molecule has 0 saturated carbocycles. The fourth-order valence-electron chi connectivity index (χ4n) is 2.06. The highest BCUT2D eigenvalue weighted by Crippen LogP contribution is 2.36. The first kappa shape index (κ1) is 21.3. The molecule has 2 aromatic rings. The number of carbonyl (C=O) groups is 1. The molecule has 28 heavy (non-hydrogen) atoms. The summed E-state index contributed by atoms with van der Waals surface area (Å²) in [6.45, 7) is 1.49. The summed E-state index contributed by atoms with van der Waals surface area (Å²) in [6, 6.07) is 6.98. The number of phenolic OH excluding ortho intramolecular Hbond substituents is 1. The number of halogens is 2. The number of nitro groups is 1. The molecule has 0 bridgehead atoms. The molecule has 0 aliphatic heterocycles. The first-order valence-corrected chi connectivity index (χ1v) is 8.48. The summed E-state index contributed by atoms with van der Waals surface area (Å²) < 4.78 is 10.3. The van der Waals surface area contributed by atoms with Crippen molar-refractivity contribution in [2.24, 2.45) is 5.10 Å². The molecule has 148 valence electrons. The van der Waals surface area contributed by atoms with E-state index in [0.717, 1.165) is 12.3 Å². The topological polar surface area (TPSA) is 123 Å². The molecule has 0 aliphatic rings. The molecule has 0 radical (unpaired) electrons. The van der Waals surface area contributed by atoms with Gasteiger partial charge in [0.1, 0.15) is 5.75 Å². The predicted octanol–water partition coefficient (Wildman–Crippen LogP) is 3.53. The van der Waals surface area contributed by atoms with Crippen LogP contribution in [-0.2, 0) is 4.79 Å². The van der Waals surface area contributed by atoms with Crippen molar-refractivity contribution in [3.63, 3.8) is 0 Å². The zero-order valence-corrected chi connectivity index (χ0v) is 16.2. The number of methoxy groups -OCH3 is 1. The van der Waals surface area contributed by atoms with Crippen molar-refractivity contribution in [2.45, 2.75) is 13.0 Å². The largest absolute Gasteiger partial charge is 0.500 e. The fourth-order valence-corrected chi connectivity index (χ4v) is 2.51. The van der Waals surface area contributed by atoms with Gasteiger partial charge < -0.3 is 14.6 Å². The summed E-state index contributed by atoms with van der Waals surface area (Å²) in [4.78, 5) is 22.3. The molecule has 0 aliphatic carbocycles. The highest BCUT2D eigenvalue weighted by Gasteiger charge is 2.19. The third-order valence-corrected chi connectivity index (χ3v) is 3.98. The van der Waals surface area contributed by atoms with E-state index >= 15 is 0 Å². The van der Waals surface area contributed by atoms with Crippen LogP contribution in [0.25, 0.3) is 0 Å². The average molecular weight is 428 g/mol. The van der Waals surface area contributed by atoms with E-state index in [2.05, 4.69) is 10.5 Å². The molecule has 2 aromatic carbocycles. The average Bonchev–Trinajstić information content (AvgIpc) is 2.64. The molecule has 2 N–H and O–H groups in total. The molecule has 1 amide bonds. The Bertz CT molecular complexity index is 935. The van der Waals surface area contributed by atoms with E-state index in [1.807, 2.05) is 0 Å². The van der Waals surface area contributed by atoms with E-state index in [0.29, 0.717) is 5.02 Å². The van der Waals surface area contributed by atoms with Crippen molar-refractivity contribution in [3.05, 3.63) is 56.1 Å². The minimum absolute atomic E-state index is 0.101. The van der Waals surface area contributed by atoms with Crippen LogP contribution in [0, 0.1) is 10.1 Å². The standard InChI is InChI=1S/C17H15Cl2N3O6/c1-9(28-14-4-3-11(18)7-12(14)19)17(24)21-20-8-10-5-13(22(25)26)16(23)15(6-10)27-2/h3-9,23H,1-2H3,(H,21,24)/b20-8-/t9-/m1/s1. The second kappa shape index (κ2) is 9.25. The zero-order chi connectivity index (χ0) is 20.8. The van der Waals surface area contributed by atoms with Crippen molar-refractivity contribution < 1.29 is 24.3 Å². The maximum absolute atomic E-state index is 12.1. The molecule has 0 fully saturated rings. The normalized spacial score (nSPS) is 11.9. The lowest BCUT2D eigenvalue weighted by Gasteiger charge is -2.14. The van der Waals surface area contributed by atoms with Gasteiger partial charge in [0.25, 0.3) is 5.91 Å². The van der Waals surface area contributed by atoms with Gasteiger partial charge in [0.05, 0.1) is 23.3 Å². The summed E-state index contributed by atoms with van der Waals surface area (Å²) in [7, 11) is 1.25. The van der Waals surface area contributed by atoms with Crippen LogP contribution < -0.4 is 14.9 Å². The van der Waals surface area contributed by atoms with Crippen LogP contribution in [-0.4, -0.2) is 35.4 Å². The third kappa shape index (κ3) is 5.24. The first-order valence-electron chi connectivity index (χ1n) is 7.73. The number of hydrazone groups is 1. The van der Waals surface area contributed by atoms with E-state index in [1.165, 1.54) is 32.2 Å². The number of amides is 1. The van der Waals surface area contributed by atoms with Gasteiger partial charge in [-0.15, -0.1) is 0 Å². The van der Waals surface area contributed by atoms with Gasteiger partial charge in [-0.05, 0) is 31.2 Å². The minimum atomic E-state index is -0.931. The van der Waals surface area contributed by atoms with E-state index in [9.17, 15) is 20.0 Å². The van der Waals surface area contributed by atoms with Crippen LogP contribution in [0.3, 0.4) is 0 Å². The smallest absolute Gasteiger partial charge is 0.315 e. The number of carbonyl (C=O) groups excluding carboxylic acids is 1. The van der Waals surface area contributed by atoms with Gasteiger partial charge in [-0.3, -0.25) is 14.9 Å². The number of rotatable bonds is 7. The molecule has 1 atom stereocenters. The molecular formula is C17H15Cl2N3O6. The maximum Gasteiger partial charge on any atom is 0.315 e.